The van der Waals surface area contributed by atoms with Crippen molar-refractivity contribution in [1.82, 2.24) is 4.90 Å². The maximum absolute atomic E-state index is 11.6. The molecule has 0 spiro atoms. The molecule has 1 fully saturated rings. The molecular weight excluding hydrogens is 154 g/mol. The molecule has 2 aliphatic rings. The van der Waals surface area contributed by atoms with E-state index in [2.05, 4.69) is 12.2 Å². The number of amides is 1. The molecule has 1 saturated heterocycles. The van der Waals surface area contributed by atoms with Gasteiger partial charge in [0.25, 0.3) is 0 Å². The standard InChI is InChI=1S/C9H13NO2/c11-9(8-6-12-7-8)10-4-2-1-3-5-10/h1-2,8H,3-7H2. The Bertz CT molecular complexity index is 209. The largest absolute Gasteiger partial charge is 0.380 e. The van der Waals surface area contributed by atoms with E-state index in [-0.39, 0.29) is 11.8 Å². The van der Waals surface area contributed by atoms with E-state index in [1.54, 1.807) is 0 Å². The molecule has 0 radical (unpaired) electrons. The first kappa shape index (κ1) is 7.80. The lowest BCUT2D eigenvalue weighted by Gasteiger charge is -2.32. The zero-order chi connectivity index (χ0) is 8.39. The maximum Gasteiger partial charge on any atom is 0.230 e. The molecule has 0 N–H and O–H groups in total. The molecule has 0 aliphatic carbocycles. The first-order chi connectivity index (χ1) is 5.88. The summed E-state index contributed by atoms with van der Waals surface area (Å²) in [5, 5.41) is 0. The zero-order valence-electron chi connectivity index (χ0n) is 7.03. The lowest BCUT2D eigenvalue weighted by Crippen LogP contribution is -2.45. The first-order valence-corrected chi connectivity index (χ1v) is 4.39. The van der Waals surface area contributed by atoms with Crippen LogP contribution in [-0.4, -0.2) is 37.1 Å². The Labute approximate surface area is 72.0 Å². The van der Waals surface area contributed by atoms with E-state index in [9.17, 15) is 4.79 Å². The fourth-order valence-corrected chi connectivity index (χ4v) is 1.48. The van der Waals surface area contributed by atoms with Gasteiger partial charge in [-0.3, -0.25) is 4.79 Å². The van der Waals surface area contributed by atoms with Crippen LogP contribution in [0, 0.1) is 5.92 Å². The number of nitrogens with zero attached hydrogens (tertiary/aromatic N) is 1. The molecule has 3 nitrogen and oxygen atoms in total. The van der Waals surface area contributed by atoms with Gasteiger partial charge in [-0.1, -0.05) is 12.2 Å². The Morgan fingerprint density at radius 3 is 2.75 bits per heavy atom. The van der Waals surface area contributed by atoms with Gasteiger partial charge in [0.05, 0.1) is 19.1 Å². The molecule has 66 valence electrons. The minimum absolute atomic E-state index is 0.150. The van der Waals surface area contributed by atoms with Gasteiger partial charge in [0, 0.05) is 13.1 Å². The second-order valence-electron chi connectivity index (χ2n) is 3.28. The van der Waals surface area contributed by atoms with Gasteiger partial charge in [0.1, 0.15) is 0 Å². The van der Waals surface area contributed by atoms with Crippen LogP contribution in [0.2, 0.25) is 0 Å². The van der Waals surface area contributed by atoms with Crippen LogP contribution >= 0.6 is 0 Å². The quantitative estimate of drug-likeness (QED) is 0.530. The summed E-state index contributed by atoms with van der Waals surface area (Å²) in [5.74, 6) is 0.419. The summed E-state index contributed by atoms with van der Waals surface area (Å²) in [5.41, 5.74) is 0. The van der Waals surface area contributed by atoms with Crippen molar-refractivity contribution in [3.63, 3.8) is 0 Å². The summed E-state index contributed by atoms with van der Waals surface area (Å²) in [6, 6.07) is 0. The highest BCUT2D eigenvalue weighted by Gasteiger charge is 2.30. The van der Waals surface area contributed by atoms with E-state index in [4.69, 9.17) is 4.74 Å². The van der Waals surface area contributed by atoms with Crippen LogP contribution in [-0.2, 0) is 9.53 Å². The topological polar surface area (TPSA) is 29.5 Å². The Hall–Kier alpha value is -0.830. The Balaban J connectivity index is 1.90. The molecule has 2 aliphatic heterocycles. The second kappa shape index (κ2) is 3.27. The first-order valence-electron chi connectivity index (χ1n) is 4.39. The zero-order valence-corrected chi connectivity index (χ0v) is 7.03. The summed E-state index contributed by atoms with van der Waals surface area (Å²) in [6.07, 6.45) is 5.18. The van der Waals surface area contributed by atoms with Crippen LogP contribution in [0.3, 0.4) is 0 Å². The van der Waals surface area contributed by atoms with Gasteiger partial charge in [-0.25, -0.2) is 0 Å². The molecule has 0 aromatic carbocycles. The Morgan fingerprint density at radius 1 is 1.42 bits per heavy atom. The monoisotopic (exact) mass is 167 g/mol. The molecular formula is C9H13NO2. The minimum Gasteiger partial charge on any atom is -0.380 e. The van der Waals surface area contributed by atoms with Crippen molar-refractivity contribution in [3.8, 4) is 0 Å². The average molecular weight is 167 g/mol. The molecule has 3 heteroatoms. The Morgan fingerprint density at radius 2 is 2.25 bits per heavy atom. The van der Waals surface area contributed by atoms with Crippen LogP contribution in [0.25, 0.3) is 0 Å². The highest BCUT2D eigenvalue weighted by Crippen LogP contribution is 2.15. The summed E-state index contributed by atoms with van der Waals surface area (Å²) < 4.78 is 4.98. The average Bonchev–Trinajstić information content (AvgIpc) is 2.03. The predicted octanol–water partition coefficient (Wildman–Crippen LogP) is 0.421. The molecule has 0 atom stereocenters. The molecule has 12 heavy (non-hydrogen) atoms. The summed E-state index contributed by atoms with van der Waals surface area (Å²) in [7, 11) is 0. The van der Waals surface area contributed by atoms with E-state index in [0.29, 0.717) is 13.2 Å². The third-order valence-electron chi connectivity index (χ3n) is 2.36. The van der Waals surface area contributed by atoms with Gasteiger partial charge in [-0.2, -0.15) is 0 Å². The molecule has 0 unspecified atom stereocenters. The molecule has 0 aromatic rings. The summed E-state index contributed by atoms with van der Waals surface area (Å²) in [4.78, 5) is 13.5. The minimum atomic E-state index is 0.150. The maximum atomic E-state index is 11.6. The highest BCUT2D eigenvalue weighted by atomic mass is 16.5. The van der Waals surface area contributed by atoms with Gasteiger partial charge >= 0.3 is 0 Å². The number of hydrogen-bond donors (Lipinski definition) is 0. The molecule has 0 aromatic heterocycles. The van der Waals surface area contributed by atoms with E-state index in [1.807, 2.05) is 4.90 Å². The van der Waals surface area contributed by atoms with Gasteiger partial charge in [-0.05, 0) is 6.42 Å². The smallest absolute Gasteiger partial charge is 0.230 e. The normalized spacial score (nSPS) is 23.8. The summed E-state index contributed by atoms with van der Waals surface area (Å²) >= 11 is 0. The van der Waals surface area contributed by atoms with Crippen molar-refractivity contribution in [1.29, 1.82) is 0 Å². The van der Waals surface area contributed by atoms with Crippen molar-refractivity contribution in [2.24, 2.45) is 5.92 Å². The van der Waals surface area contributed by atoms with Crippen molar-refractivity contribution in [3.05, 3.63) is 12.2 Å². The van der Waals surface area contributed by atoms with Crippen LogP contribution in [0.5, 0.6) is 0 Å². The number of carbonyl (C=O) groups is 1. The fourth-order valence-electron chi connectivity index (χ4n) is 1.48. The highest BCUT2D eigenvalue weighted by molar-refractivity contribution is 5.80. The third-order valence-corrected chi connectivity index (χ3v) is 2.36. The summed E-state index contributed by atoms with van der Waals surface area (Å²) in [6.45, 7) is 2.92. The second-order valence-corrected chi connectivity index (χ2v) is 3.28. The lowest BCUT2D eigenvalue weighted by molar-refractivity contribution is -0.149. The predicted molar refractivity (Wildman–Crippen MR) is 44.6 cm³/mol. The molecule has 0 saturated carbocycles. The van der Waals surface area contributed by atoms with E-state index >= 15 is 0 Å². The van der Waals surface area contributed by atoms with E-state index in [0.717, 1.165) is 19.5 Å². The van der Waals surface area contributed by atoms with Gasteiger partial charge in [0.15, 0.2) is 0 Å². The van der Waals surface area contributed by atoms with E-state index < -0.39 is 0 Å². The number of carbonyl (C=O) groups excluding carboxylic acids is 1. The van der Waals surface area contributed by atoms with Crippen LogP contribution in [0.1, 0.15) is 6.42 Å². The SMILES string of the molecule is O=C(C1COC1)N1CC=CCC1. The molecule has 0 bridgehead atoms. The number of ether oxygens (including phenoxy) is 1. The fraction of sp³-hybridized carbons (Fsp3) is 0.667. The van der Waals surface area contributed by atoms with E-state index in [1.165, 1.54) is 0 Å². The van der Waals surface area contributed by atoms with Crippen LogP contribution in [0.4, 0.5) is 0 Å². The number of rotatable bonds is 1. The lowest BCUT2D eigenvalue weighted by atomic mass is 10.1. The third kappa shape index (κ3) is 1.37. The van der Waals surface area contributed by atoms with Crippen molar-refractivity contribution >= 4 is 5.91 Å². The molecule has 1 amide bonds. The van der Waals surface area contributed by atoms with Crippen molar-refractivity contribution in [2.45, 2.75) is 6.42 Å². The molecule has 2 rings (SSSR count). The van der Waals surface area contributed by atoms with Gasteiger partial charge in [-0.15, -0.1) is 0 Å². The van der Waals surface area contributed by atoms with Crippen LogP contribution < -0.4 is 0 Å². The van der Waals surface area contributed by atoms with Crippen molar-refractivity contribution in [2.75, 3.05) is 26.3 Å². The van der Waals surface area contributed by atoms with Crippen molar-refractivity contribution < 1.29 is 9.53 Å². The Kier molecular flexibility index (Phi) is 2.13. The molecule has 2 heterocycles. The van der Waals surface area contributed by atoms with Crippen LogP contribution in [0.15, 0.2) is 12.2 Å². The van der Waals surface area contributed by atoms with Gasteiger partial charge in [0.2, 0.25) is 5.91 Å². The number of hydrogen-bond acceptors (Lipinski definition) is 2. The van der Waals surface area contributed by atoms with Gasteiger partial charge < -0.3 is 9.64 Å².